The molecule has 0 aromatic heterocycles. The largest absolute Gasteiger partial charge is 0.478 e. The fourth-order valence-corrected chi connectivity index (χ4v) is 1.93. The number of nitrogens with one attached hydrogen (secondary N) is 1. The molecule has 108 valence electrons. The van der Waals surface area contributed by atoms with Gasteiger partial charge in [0.2, 0.25) is 0 Å². The first-order chi connectivity index (χ1) is 9.88. The van der Waals surface area contributed by atoms with Gasteiger partial charge in [0.15, 0.2) is 0 Å². The van der Waals surface area contributed by atoms with Crippen LogP contribution in [-0.2, 0) is 0 Å². The minimum absolute atomic E-state index is 0.0517. The van der Waals surface area contributed by atoms with Gasteiger partial charge in [0.1, 0.15) is 5.82 Å². The third-order valence-corrected chi connectivity index (χ3v) is 3.35. The molecular formula is C14H10BrFN2O3. The van der Waals surface area contributed by atoms with Crippen molar-refractivity contribution in [2.45, 2.75) is 0 Å². The van der Waals surface area contributed by atoms with Crippen LogP contribution in [0.25, 0.3) is 0 Å². The third-order valence-electron chi connectivity index (χ3n) is 2.70. The quantitative estimate of drug-likeness (QED) is 0.740. The molecule has 0 spiro atoms. The number of hydrogen-bond donors (Lipinski definition) is 3. The van der Waals surface area contributed by atoms with E-state index in [1.54, 1.807) is 0 Å². The maximum absolute atomic E-state index is 13.4. The van der Waals surface area contributed by atoms with Gasteiger partial charge in [-0.05, 0) is 52.3 Å². The van der Waals surface area contributed by atoms with Crippen LogP contribution in [0.5, 0.6) is 0 Å². The SMILES string of the molecule is Nc1ccc(C(=O)O)c(NC(=O)c2ccc(Br)c(F)c2)c1. The van der Waals surface area contributed by atoms with E-state index in [1.165, 1.54) is 30.3 Å². The van der Waals surface area contributed by atoms with E-state index < -0.39 is 17.7 Å². The Hall–Kier alpha value is -2.41. The molecule has 21 heavy (non-hydrogen) atoms. The second kappa shape index (κ2) is 5.92. The smallest absolute Gasteiger partial charge is 0.337 e. The van der Waals surface area contributed by atoms with Crippen molar-refractivity contribution in [3.8, 4) is 0 Å². The summed E-state index contributed by atoms with van der Waals surface area (Å²) < 4.78 is 13.6. The van der Waals surface area contributed by atoms with Crippen LogP contribution in [0.4, 0.5) is 15.8 Å². The van der Waals surface area contributed by atoms with Crippen molar-refractivity contribution in [1.82, 2.24) is 0 Å². The molecule has 0 heterocycles. The van der Waals surface area contributed by atoms with Crippen LogP contribution in [0.2, 0.25) is 0 Å². The van der Waals surface area contributed by atoms with E-state index in [-0.39, 0.29) is 21.3 Å². The number of aromatic carboxylic acids is 1. The van der Waals surface area contributed by atoms with E-state index in [0.29, 0.717) is 5.69 Å². The Morgan fingerprint density at radius 3 is 2.52 bits per heavy atom. The zero-order valence-electron chi connectivity index (χ0n) is 10.6. The predicted molar refractivity (Wildman–Crippen MR) is 79.9 cm³/mol. The lowest BCUT2D eigenvalue weighted by molar-refractivity contribution is 0.0698. The van der Waals surface area contributed by atoms with Gasteiger partial charge >= 0.3 is 5.97 Å². The Morgan fingerprint density at radius 1 is 1.19 bits per heavy atom. The van der Waals surface area contributed by atoms with Crippen molar-refractivity contribution in [2.24, 2.45) is 0 Å². The van der Waals surface area contributed by atoms with Crippen LogP contribution in [0, 0.1) is 5.82 Å². The number of hydrogen-bond acceptors (Lipinski definition) is 3. The fourth-order valence-electron chi connectivity index (χ4n) is 1.68. The maximum Gasteiger partial charge on any atom is 0.337 e. The maximum atomic E-state index is 13.4. The van der Waals surface area contributed by atoms with Crippen LogP contribution in [0.3, 0.4) is 0 Å². The molecule has 0 aliphatic heterocycles. The summed E-state index contributed by atoms with van der Waals surface area (Å²) in [5, 5.41) is 11.5. The van der Waals surface area contributed by atoms with Gasteiger partial charge in [-0.2, -0.15) is 0 Å². The van der Waals surface area contributed by atoms with Gasteiger partial charge in [-0.25, -0.2) is 9.18 Å². The first kappa shape index (κ1) is 15.0. The highest BCUT2D eigenvalue weighted by molar-refractivity contribution is 9.10. The molecule has 0 fully saturated rings. The molecule has 0 aliphatic carbocycles. The van der Waals surface area contributed by atoms with Gasteiger partial charge in [-0.1, -0.05) is 0 Å². The van der Waals surface area contributed by atoms with E-state index in [0.717, 1.165) is 6.07 Å². The highest BCUT2D eigenvalue weighted by Crippen LogP contribution is 2.21. The van der Waals surface area contributed by atoms with Crippen LogP contribution < -0.4 is 11.1 Å². The van der Waals surface area contributed by atoms with Crippen LogP contribution in [0.15, 0.2) is 40.9 Å². The number of halogens is 2. The summed E-state index contributed by atoms with van der Waals surface area (Å²) >= 11 is 2.98. The van der Waals surface area contributed by atoms with E-state index >= 15 is 0 Å². The van der Waals surface area contributed by atoms with Gasteiger partial charge in [0.05, 0.1) is 15.7 Å². The zero-order chi connectivity index (χ0) is 15.6. The Balaban J connectivity index is 2.33. The highest BCUT2D eigenvalue weighted by Gasteiger charge is 2.15. The van der Waals surface area contributed by atoms with Crippen LogP contribution in [-0.4, -0.2) is 17.0 Å². The lowest BCUT2D eigenvalue weighted by Gasteiger charge is -2.09. The monoisotopic (exact) mass is 352 g/mol. The molecule has 0 bridgehead atoms. The molecule has 0 atom stereocenters. The molecule has 2 aromatic rings. The van der Waals surface area contributed by atoms with Crippen molar-refractivity contribution in [1.29, 1.82) is 0 Å². The van der Waals surface area contributed by atoms with Crippen molar-refractivity contribution in [3.05, 3.63) is 57.8 Å². The minimum Gasteiger partial charge on any atom is -0.478 e. The number of carbonyl (C=O) groups is 2. The molecule has 0 radical (unpaired) electrons. The molecule has 4 N–H and O–H groups in total. The molecule has 0 unspecified atom stereocenters. The van der Waals surface area contributed by atoms with E-state index in [2.05, 4.69) is 21.2 Å². The summed E-state index contributed by atoms with van der Waals surface area (Å²) in [6.45, 7) is 0. The molecule has 2 rings (SSSR count). The molecular weight excluding hydrogens is 343 g/mol. The molecule has 0 saturated carbocycles. The minimum atomic E-state index is -1.20. The first-order valence-electron chi connectivity index (χ1n) is 5.77. The van der Waals surface area contributed by atoms with Crippen molar-refractivity contribution in [3.63, 3.8) is 0 Å². The number of amides is 1. The summed E-state index contributed by atoms with van der Waals surface area (Å²) in [4.78, 5) is 23.1. The normalized spacial score (nSPS) is 10.2. The first-order valence-corrected chi connectivity index (χ1v) is 6.57. The standard InChI is InChI=1S/C14H10BrFN2O3/c15-10-4-1-7(5-11(10)16)13(19)18-12-6-8(17)2-3-9(12)14(20)21/h1-6H,17H2,(H,18,19)(H,20,21). The second-order valence-corrected chi connectivity index (χ2v) is 5.05. The van der Waals surface area contributed by atoms with Crippen molar-refractivity contribution in [2.75, 3.05) is 11.1 Å². The molecule has 2 aromatic carbocycles. The zero-order valence-corrected chi connectivity index (χ0v) is 12.1. The lowest BCUT2D eigenvalue weighted by atomic mass is 10.1. The van der Waals surface area contributed by atoms with E-state index in [9.17, 15) is 14.0 Å². The number of benzene rings is 2. The van der Waals surface area contributed by atoms with Crippen LogP contribution in [0.1, 0.15) is 20.7 Å². The van der Waals surface area contributed by atoms with Gasteiger partial charge in [-0.3, -0.25) is 4.79 Å². The summed E-state index contributed by atoms with van der Waals surface area (Å²) in [6, 6.07) is 7.88. The van der Waals surface area contributed by atoms with Gasteiger partial charge in [0.25, 0.3) is 5.91 Å². The summed E-state index contributed by atoms with van der Waals surface area (Å²) in [7, 11) is 0. The molecule has 7 heteroatoms. The number of carboxylic acids is 1. The third kappa shape index (κ3) is 3.38. The van der Waals surface area contributed by atoms with E-state index in [4.69, 9.17) is 10.8 Å². The number of carbonyl (C=O) groups excluding carboxylic acids is 1. The Labute approximate surface area is 127 Å². The average Bonchev–Trinajstić information content (AvgIpc) is 2.41. The highest BCUT2D eigenvalue weighted by atomic mass is 79.9. The topological polar surface area (TPSA) is 92.4 Å². The molecule has 1 amide bonds. The fraction of sp³-hybridized carbons (Fsp3) is 0. The van der Waals surface area contributed by atoms with Crippen molar-refractivity contribution >= 4 is 39.2 Å². The van der Waals surface area contributed by atoms with E-state index in [1.807, 2.05) is 0 Å². The Kier molecular flexibility index (Phi) is 4.23. The number of anilines is 2. The number of rotatable bonds is 3. The van der Waals surface area contributed by atoms with Gasteiger partial charge in [0, 0.05) is 11.3 Å². The molecule has 0 saturated heterocycles. The van der Waals surface area contributed by atoms with Crippen molar-refractivity contribution < 1.29 is 19.1 Å². The van der Waals surface area contributed by atoms with Crippen LogP contribution >= 0.6 is 15.9 Å². The average molecular weight is 353 g/mol. The van der Waals surface area contributed by atoms with Gasteiger partial charge in [-0.15, -0.1) is 0 Å². The number of nitrogens with two attached hydrogens (primary N) is 1. The summed E-state index contributed by atoms with van der Waals surface area (Å²) in [5.74, 6) is -2.42. The number of nitrogen functional groups attached to an aromatic ring is 1. The summed E-state index contributed by atoms with van der Waals surface area (Å²) in [6.07, 6.45) is 0. The molecule has 0 aliphatic rings. The number of carboxylic acid groups (broad SMARTS) is 1. The Morgan fingerprint density at radius 2 is 1.90 bits per heavy atom. The lowest BCUT2D eigenvalue weighted by Crippen LogP contribution is -2.15. The Bertz CT molecular complexity index is 734. The summed E-state index contributed by atoms with van der Waals surface area (Å²) in [5.41, 5.74) is 5.89. The second-order valence-electron chi connectivity index (χ2n) is 4.19. The van der Waals surface area contributed by atoms with Gasteiger partial charge < -0.3 is 16.2 Å². The predicted octanol–water partition coefficient (Wildman–Crippen LogP) is 3.12. The molecule has 5 nitrogen and oxygen atoms in total.